The summed E-state index contributed by atoms with van der Waals surface area (Å²) in [5, 5.41) is 5.09. The minimum atomic E-state index is -0.0527. The van der Waals surface area contributed by atoms with Crippen molar-refractivity contribution in [1.29, 1.82) is 0 Å². The molecular weight excluding hydrogens is 304 g/mol. The quantitative estimate of drug-likeness (QED) is 0.569. The molecule has 2 heterocycles. The van der Waals surface area contributed by atoms with Gasteiger partial charge in [0.2, 0.25) is 0 Å². The number of fused-ring (bicyclic) bond motifs is 2. The molecule has 0 fully saturated rings. The van der Waals surface area contributed by atoms with Crippen LogP contribution in [0.15, 0.2) is 52.6 Å². The highest BCUT2D eigenvalue weighted by Gasteiger charge is 2.14. The first-order chi connectivity index (χ1) is 11.1. The van der Waals surface area contributed by atoms with Crippen molar-refractivity contribution >= 4 is 32.3 Å². The minimum Gasteiger partial charge on any atom is -0.310 e. The predicted octanol–water partition coefficient (Wildman–Crippen LogP) is 4.93. The fourth-order valence-corrected chi connectivity index (χ4v) is 3.76. The zero-order chi connectivity index (χ0) is 16.0. The van der Waals surface area contributed by atoms with Gasteiger partial charge >= 0.3 is 0 Å². The van der Waals surface area contributed by atoms with Gasteiger partial charge in [-0.2, -0.15) is 0 Å². The van der Waals surface area contributed by atoms with Crippen LogP contribution in [0, 0.1) is 0 Å². The third kappa shape index (κ3) is 2.35. The van der Waals surface area contributed by atoms with E-state index >= 15 is 0 Å². The Morgan fingerprint density at radius 2 is 1.87 bits per heavy atom. The van der Waals surface area contributed by atoms with Gasteiger partial charge < -0.3 is 4.98 Å². The summed E-state index contributed by atoms with van der Waals surface area (Å²) in [4.78, 5) is 20.9. The molecule has 0 aliphatic rings. The molecule has 2 aromatic heterocycles. The van der Waals surface area contributed by atoms with Gasteiger partial charge in [0, 0.05) is 16.9 Å². The molecule has 3 nitrogen and oxygen atoms in total. The Hall–Kier alpha value is -2.46. The maximum absolute atomic E-state index is 12.5. The number of aromatic amines is 1. The number of H-pyrrole nitrogens is 1. The highest BCUT2D eigenvalue weighted by Crippen LogP contribution is 2.32. The summed E-state index contributed by atoms with van der Waals surface area (Å²) in [7, 11) is 0. The zero-order valence-corrected chi connectivity index (χ0v) is 13.8. The Labute approximate surface area is 137 Å². The maximum Gasteiger partial charge on any atom is 0.260 e. The Morgan fingerprint density at radius 1 is 1.09 bits per heavy atom. The number of hydrogen-bond acceptors (Lipinski definition) is 3. The van der Waals surface area contributed by atoms with Crippen LogP contribution < -0.4 is 5.56 Å². The van der Waals surface area contributed by atoms with E-state index in [-0.39, 0.29) is 11.5 Å². The SMILES string of the molecule is CC(C)c1nc2scc(-c3ccc4ccccc4c3)c2c(=O)[nH]1. The lowest BCUT2D eigenvalue weighted by molar-refractivity contribution is 0.778. The summed E-state index contributed by atoms with van der Waals surface area (Å²) in [5.41, 5.74) is 1.96. The summed E-state index contributed by atoms with van der Waals surface area (Å²) in [6, 6.07) is 14.5. The molecule has 23 heavy (non-hydrogen) atoms. The van der Waals surface area contributed by atoms with E-state index in [4.69, 9.17) is 0 Å². The molecule has 0 amide bonds. The van der Waals surface area contributed by atoms with Crippen LogP contribution in [0.3, 0.4) is 0 Å². The number of nitrogens with zero attached hydrogens (tertiary/aromatic N) is 1. The van der Waals surface area contributed by atoms with E-state index in [1.807, 2.05) is 31.4 Å². The molecule has 0 aliphatic carbocycles. The molecule has 4 rings (SSSR count). The second-order valence-electron chi connectivity index (χ2n) is 6.00. The van der Waals surface area contributed by atoms with Gasteiger partial charge in [-0.1, -0.05) is 50.2 Å². The van der Waals surface area contributed by atoms with Gasteiger partial charge in [0.15, 0.2) is 0 Å². The first kappa shape index (κ1) is 14.2. The molecular formula is C19H16N2OS. The molecule has 114 valence electrons. The first-order valence-electron chi connectivity index (χ1n) is 7.64. The van der Waals surface area contributed by atoms with Crippen molar-refractivity contribution in [2.45, 2.75) is 19.8 Å². The van der Waals surface area contributed by atoms with Gasteiger partial charge in [0.05, 0.1) is 5.39 Å². The third-order valence-corrected chi connectivity index (χ3v) is 4.94. The lowest BCUT2D eigenvalue weighted by Crippen LogP contribution is -2.12. The van der Waals surface area contributed by atoms with Crippen LogP contribution in [0.5, 0.6) is 0 Å². The number of nitrogens with one attached hydrogen (secondary N) is 1. The van der Waals surface area contributed by atoms with E-state index in [2.05, 4.69) is 40.3 Å². The van der Waals surface area contributed by atoms with Crippen molar-refractivity contribution in [3.8, 4) is 11.1 Å². The van der Waals surface area contributed by atoms with Crippen LogP contribution in [-0.2, 0) is 0 Å². The van der Waals surface area contributed by atoms with Gasteiger partial charge in [0.25, 0.3) is 5.56 Å². The first-order valence-corrected chi connectivity index (χ1v) is 8.52. The Balaban J connectivity index is 1.96. The average Bonchev–Trinajstić information content (AvgIpc) is 2.99. The van der Waals surface area contributed by atoms with Crippen LogP contribution >= 0.6 is 11.3 Å². The smallest absolute Gasteiger partial charge is 0.260 e. The molecule has 0 bridgehead atoms. The predicted molar refractivity (Wildman–Crippen MR) is 97.3 cm³/mol. The lowest BCUT2D eigenvalue weighted by Gasteiger charge is -2.05. The van der Waals surface area contributed by atoms with E-state index in [1.165, 1.54) is 22.1 Å². The van der Waals surface area contributed by atoms with Crippen molar-refractivity contribution in [2.75, 3.05) is 0 Å². The third-order valence-electron chi connectivity index (χ3n) is 4.07. The molecule has 0 aliphatic heterocycles. The van der Waals surface area contributed by atoms with E-state index < -0.39 is 0 Å². The Bertz CT molecular complexity index is 1080. The number of hydrogen-bond donors (Lipinski definition) is 1. The Kier molecular flexibility index (Phi) is 3.27. The highest BCUT2D eigenvalue weighted by molar-refractivity contribution is 7.17. The molecule has 0 spiro atoms. The molecule has 4 aromatic rings. The topological polar surface area (TPSA) is 45.8 Å². The average molecular weight is 320 g/mol. The monoisotopic (exact) mass is 320 g/mol. The lowest BCUT2D eigenvalue weighted by atomic mass is 10.0. The number of benzene rings is 2. The normalized spacial score (nSPS) is 11.6. The van der Waals surface area contributed by atoms with Crippen molar-refractivity contribution in [3.63, 3.8) is 0 Å². The van der Waals surface area contributed by atoms with Crippen molar-refractivity contribution in [1.82, 2.24) is 9.97 Å². The second-order valence-corrected chi connectivity index (χ2v) is 6.86. The van der Waals surface area contributed by atoms with Gasteiger partial charge in [-0.15, -0.1) is 11.3 Å². The van der Waals surface area contributed by atoms with Crippen molar-refractivity contribution in [3.05, 3.63) is 64.0 Å². The molecule has 0 saturated heterocycles. The van der Waals surface area contributed by atoms with Crippen LogP contribution in [0.2, 0.25) is 0 Å². The summed E-state index contributed by atoms with van der Waals surface area (Å²) in [6.45, 7) is 4.06. The van der Waals surface area contributed by atoms with Crippen LogP contribution in [0.1, 0.15) is 25.6 Å². The standard InChI is InChI=1S/C19H16N2OS/c1-11(2)17-20-18(22)16-15(10-23-19(16)21-17)14-8-7-12-5-3-4-6-13(12)9-14/h3-11H,1-2H3,(H,20,21,22). The van der Waals surface area contributed by atoms with E-state index in [0.717, 1.165) is 21.8 Å². The second kappa shape index (κ2) is 5.32. The molecule has 0 saturated carbocycles. The summed E-state index contributed by atoms with van der Waals surface area (Å²) >= 11 is 1.53. The molecule has 0 radical (unpaired) electrons. The molecule has 0 atom stereocenters. The number of thiophene rings is 1. The van der Waals surface area contributed by atoms with Crippen LogP contribution in [0.25, 0.3) is 32.1 Å². The maximum atomic E-state index is 12.5. The summed E-state index contributed by atoms with van der Waals surface area (Å²) < 4.78 is 0. The number of aromatic nitrogens is 2. The van der Waals surface area contributed by atoms with Crippen LogP contribution in [-0.4, -0.2) is 9.97 Å². The summed E-state index contributed by atoms with van der Waals surface area (Å²) in [6.07, 6.45) is 0. The minimum absolute atomic E-state index is 0.0527. The van der Waals surface area contributed by atoms with Gasteiger partial charge in [0.1, 0.15) is 10.7 Å². The largest absolute Gasteiger partial charge is 0.310 e. The molecule has 2 aromatic carbocycles. The van der Waals surface area contributed by atoms with Gasteiger partial charge in [-0.05, 0) is 22.4 Å². The van der Waals surface area contributed by atoms with Crippen molar-refractivity contribution < 1.29 is 0 Å². The van der Waals surface area contributed by atoms with E-state index in [0.29, 0.717) is 5.39 Å². The number of rotatable bonds is 2. The highest BCUT2D eigenvalue weighted by atomic mass is 32.1. The zero-order valence-electron chi connectivity index (χ0n) is 13.0. The van der Waals surface area contributed by atoms with Crippen LogP contribution in [0.4, 0.5) is 0 Å². The van der Waals surface area contributed by atoms with Gasteiger partial charge in [-0.25, -0.2) is 4.98 Å². The fourth-order valence-electron chi connectivity index (χ4n) is 2.81. The molecule has 1 N–H and O–H groups in total. The Morgan fingerprint density at radius 3 is 2.65 bits per heavy atom. The van der Waals surface area contributed by atoms with Gasteiger partial charge in [-0.3, -0.25) is 4.79 Å². The van der Waals surface area contributed by atoms with Crippen molar-refractivity contribution in [2.24, 2.45) is 0 Å². The molecule has 4 heteroatoms. The molecule has 0 unspecified atom stereocenters. The summed E-state index contributed by atoms with van der Waals surface area (Å²) in [5.74, 6) is 0.952. The van der Waals surface area contributed by atoms with E-state index in [9.17, 15) is 4.79 Å². The van der Waals surface area contributed by atoms with E-state index in [1.54, 1.807) is 0 Å². The fraction of sp³-hybridized carbons (Fsp3) is 0.158.